The van der Waals surface area contributed by atoms with Crippen LogP contribution >= 0.6 is 0 Å². The number of benzene rings is 1. The second kappa shape index (κ2) is 7.90. The minimum absolute atomic E-state index is 0.164. The summed E-state index contributed by atoms with van der Waals surface area (Å²) in [7, 11) is 0. The van der Waals surface area contributed by atoms with Gasteiger partial charge in [-0.1, -0.05) is 30.3 Å². The molecule has 1 aliphatic heterocycles. The summed E-state index contributed by atoms with van der Waals surface area (Å²) in [5, 5.41) is 3.51. The molecule has 20 heavy (non-hydrogen) atoms. The molecule has 1 aromatic carbocycles. The molecule has 0 saturated carbocycles. The highest BCUT2D eigenvalue weighted by atomic mass is 16.6. The van der Waals surface area contributed by atoms with Crippen molar-refractivity contribution in [1.82, 2.24) is 10.2 Å². The van der Waals surface area contributed by atoms with Crippen LogP contribution in [0.2, 0.25) is 0 Å². The number of amides is 1. The van der Waals surface area contributed by atoms with Gasteiger partial charge in [0, 0.05) is 19.6 Å². The number of piperidine rings is 1. The Kier molecular flexibility index (Phi) is 5.87. The molecule has 2 rings (SSSR count). The third-order valence-electron chi connectivity index (χ3n) is 3.75. The number of hydrogen-bond acceptors (Lipinski definition) is 3. The van der Waals surface area contributed by atoms with Crippen molar-refractivity contribution in [2.45, 2.75) is 26.3 Å². The molecular weight excluding hydrogens is 252 g/mol. The Morgan fingerprint density at radius 1 is 1.30 bits per heavy atom. The molecule has 0 unspecified atom stereocenters. The lowest BCUT2D eigenvalue weighted by atomic mass is 9.97. The average Bonchev–Trinajstić information content (AvgIpc) is 2.49. The maximum absolute atomic E-state index is 11.6. The van der Waals surface area contributed by atoms with E-state index < -0.39 is 0 Å². The predicted molar refractivity (Wildman–Crippen MR) is 79.5 cm³/mol. The summed E-state index contributed by atoms with van der Waals surface area (Å²) in [6.07, 6.45) is 1.95. The minimum atomic E-state index is -0.164. The van der Waals surface area contributed by atoms with Crippen molar-refractivity contribution in [3.8, 4) is 0 Å². The first-order valence-corrected chi connectivity index (χ1v) is 7.46. The zero-order chi connectivity index (χ0) is 14.2. The maximum atomic E-state index is 11.6. The van der Waals surface area contributed by atoms with E-state index in [1.165, 1.54) is 5.56 Å². The Morgan fingerprint density at radius 2 is 2.00 bits per heavy atom. The zero-order valence-electron chi connectivity index (χ0n) is 12.2. The van der Waals surface area contributed by atoms with Crippen LogP contribution < -0.4 is 5.32 Å². The summed E-state index contributed by atoms with van der Waals surface area (Å²) < 4.78 is 5.03. The summed E-state index contributed by atoms with van der Waals surface area (Å²) in [4.78, 5) is 13.4. The van der Waals surface area contributed by atoms with Gasteiger partial charge in [-0.3, -0.25) is 0 Å². The third-order valence-corrected chi connectivity index (χ3v) is 3.75. The van der Waals surface area contributed by atoms with Crippen molar-refractivity contribution < 1.29 is 9.53 Å². The highest BCUT2D eigenvalue weighted by Gasteiger charge is 2.23. The van der Waals surface area contributed by atoms with E-state index in [1.807, 2.05) is 17.9 Å². The fraction of sp³-hybridized carbons (Fsp3) is 0.562. The summed E-state index contributed by atoms with van der Waals surface area (Å²) in [5.41, 5.74) is 1.32. The predicted octanol–water partition coefficient (Wildman–Crippen LogP) is 2.64. The molecule has 110 valence electrons. The summed E-state index contributed by atoms with van der Waals surface area (Å²) in [5.74, 6) is 0.657. The Hall–Kier alpha value is -1.55. The van der Waals surface area contributed by atoms with Crippen molar-refractivity contribution >= 4 is 6.09 Å². The number of carbonyl (C=O) groups excluding carboxylic acids is 1. The van der Waals surface area contributed by atoms with Gasteiger partial charge < -0.3 is 15.0 Å². The molecule has 1 aromatic rings. The lowest BCUT2D eigenvalue weighted by Gasteiger charge is -2.31. The molecule has 4 nitrogen and oxygen atoms in total. The summed E-state index contributed by atoms with van der Waals surface area (Å²) >= 11 is 0. The SMILES string of the molecule is CCOC(=O)N1CCC(CNCc2ccccc2)CC1. The first-order chi connectivity index (χ1) is 9.79. The normalized spacial score (nSPS) is 16.1. The van der Waals surface area contributed by atoms with Crippen LogP contribution in [0.15, 0.2) is 30.3 Å². The fourth-order valence-electron chi connectivity index (χ4n) is 2.55. The quantitative estimate of drug-likeness (QED) is 0.899. The van der Waals surface area contributed by atoms with E-state index in [-0.39, 0.29) is 6.09 Å². The Labute approximate surface area is 121 Å². The van der Waals surface area contributed by atoms with Crippen molar-refractivity contribution in [2.75, 3.05) is 26.2 Å². The first-order valence-electron chi connectivity index (χ1n) is 7.46. The highest BCUT2D eigenvalue weighted by Crippen LogP contribution is 2.17. The first kappa shape index (κ1) is 14.9. The second-order valence-electron chi connectivity index (χ2n) is 5.25. The molecule has 0 bridgehead atoms. The van der Waals surface area contributed by atoms with Gasteiger partial charge in [0.1, 0.15) is 0 Å². The number of nitrogens with zero attached hydrogens (tertiary/aromatic N) is 1. The van der Waals surface area contributed by atoms with Gasteiger partial charge in [-0.25, -0.2) is 4.79 Å². The van der Waals surface area contributed by atoms with Crippen LogP contribution in [0.5, 0.6) is 0 Å². The van der Waals surface area contributed by atoms with Crippen LogP contribution in [0.3, 0.4) is 0 Å². The lowest BCUT2D eigenvalue weighted by molar-refractivity contribution is 0.0916. The second-order valence-corrected chi connectivity index (χ2v) is 5.25. The smallest absolute Gasteiger partial charge is 0.409 e. The van der Waals surface area contributed by atoms with Crippen molar-refractivity contribution in [1.29, 1.82) is 0 Å². The largest absolute Gasteiger partial charge is 0.450 e. The van der Waals surface area contributed by atoms with Crippen LogP contribution in [0.1, 0.15) is 25.3 Å². The van der Waals surface area contributed by atoms with Crippen LogP contribution in [-0.4, -0.2) is 37.2 Å². The molecule has 1 fully saturated rings. The van der Waals surface area contributed by atoms with Crippen molar-refractivity contribution in [2.24, 2.45) is 5.92 Å². The molecule has 0 aliphatic carbocycles. The molecule has 0 aromatic heterocycles. The monoisotopic (exact) mass is 276 g/mol. The summed E-state index contributed by atoms with van der Waals surface area (Å²) in [6.45, 7) is 5.87. The van der Waals surface area contributed by atoms with Gasteiger partial charge in [0.15, 0.2) is 0 Å². The molecule has 4 heteroatoms. The van der Waals surface area contributed by atoms with Gasteiger partial charge in [-0.2, -0.15) is 0 Å². The molecular formula is C16H24N2O2. The standard InChI is InChI=1S/C16H24N2O2/c1-2-20-16(19)18-10-8-15(9-11-18)13-17-12-14-6-4-3-5-7-14/h3-7,15,17H,2,8-13H2,1H3. The van der Waals surface area contributed by atoms with Crippen LogP contribution in [0, 0.1) is 5.92 Å². The van der Waals surface area contributed by atoms with E-state index in [0.717, 1.165) is 39.0 Å². The van der Waals surface area contributed by atoms with Gasteiger partial charge in [0.05, 0.1) is 6.61 Å². The molecule has 1 aliphatic rings. The molecule has 1 amide bonds. The van der Waals surface area contributed by atoms with Gasteiger partial charge >= 0.3 is 6.09 Å². The van der Waals surface area contributed by atoms with Gasteiger partial charge in [-0.15, -0.1) is 0 Å². The van der Waals surface area contributed by atoms with Crippen LogP contribution in [-0.2, 0) is 11.3 Å². The van der Waals surface area contributed by atoms with Crippen LogP contribution in [0.25, 0.3) is 0 Å². The minimum Gasteiger partial charge on any atom is -0.450 e. The topological polar surface area (TPSA) is 41.6 Å². The van der Waals surface area contributed by atoms with E-state index in [1.54, 1.807) is 0 Å². The highest BCUT2D eigenvalue weighted by molar-refractivity contribution is 5.67. The maximum Gasteiger partial charge on any atom is 0.409 e. The molecule has 1 saturated heterocycles. The van der Waals surface area contributed by atoms with E-state index in [4.69, 9.17) is 4.74 Å². The van der Waals surface area contributed by atoms with Gasteiger partial charge in [-0.05, 0) is 37.8 Å². The van der Waals surface area contributed by atoms with Crippen LogP contribution in [0.4, 0.5) is 4.79 Å². The Balaban J connectivity index is 1.63. The van der Waals surface area contributed by atoms with Gasteiger partial charge in [0.2, 0.25) is 0 Å². The van der Waals surface area contributed by atoms with E-state index >= 15 is 0 Å². The molecule has 0 atom stereocenters. The van der Waals surface area contributed by atoms with E-state index in [0.29, 0.717) is 12.5 Å². The third kappa shape index (κ3) is 4.53. The average molecular weight is 276 g/mol. The molecule has 1 N–H and O–H groups in total. The van der Waals surface area contributed by atoms with E-state index in [2.05, 4.69) is 29.6 Å². The number of carbonyl (C=O) groups is 1. The number of hydrogen-bond donors (Lipinski definition) is 1. The summed E-state index contributed by atoms with van der Waals surface area (Å²) in [6, 6.07) is 10.4. The van der Waals surface area contributed by atoms with Gasteiger partial charge in [0.25, 0.3) is 0 Å². The number of rotatable bonds is 5. The number of likely N-dealkylation sites (tertiary alicyclic amines) is 1. The number of nitrogens with one attached hydrogen (secondary N) is 1. The van der Waals surface area contributed by atoms with Crippen molar-refractivity contribution in [3.63, 3.8) is 0 Å². The number of ether oxygens (including phenoxy) is 1. The lowest BCUT2D eigenvalue weighted by Crippen LogP contribution is -2.41. The molecule has 0 radical (unpaired) electrons. The zero-order valence-corrected chi connectivity index (χ0v) is 12.2. The Bertz CT molecular complexity index is 400. The molecule has 0 spiro atoms. The molecule has 1 heterocycles. The Morgan fingerprint density at radius 3 is 2.65 bits per heavy atom. The van der Waals surface area contributed by atoms with Crippen molar-refractivity contribution in [3.05, 3.63) is 35.9 Å². The fourth-order valence-corrected chi connectivity index (χ4v) is 2.55. The van der Waals surface area contributed by atoms with E-state index in [9.17, 15) is 4.79 Å².